The van der Waals surface area contributed by atoms with Gasteiger partial charge in [0.2, 0.25) is 0 Å². The smallest absolute Gasteiger partial charge is 0.129 e. The molecule has 92 valence electrons. The van der Waals surface area contributed by atoms with Crippen LogP contribution in [0.5, 0.6) is 5.75 Å². The van der Waals surface area contributed by atoms with E-state index in [1.165, 1.54) is 15.6 Å². The van der Waals surface area contributed by atoms with Gasteiger partial charge in [0.25, 0.3) is 0 Å². The monoisotopic (exact) mass is 275 g/mol. The van der Waals surface area contributed by atoms with Gasteiger partial charge in [0.15, 0.2) is 0 Å². The number of hydrogen-bond donors (Lipinski definition) is 1. The van der Waals surface area contributed by atoms with Crippen LogP contribution >= 0.6 is 22.7 Å². The topological polar surface area (TPSA) is 35.2 Å². The third-order valence-electron chi connectivity index (χ3n) is 2.98. The van der Waals surface area contributed by atoms with Gasteiger partial charge in [-0.05, 0) is 28.5 Å². The minimum atomic E-state index is -0.0740. The maximum atomic E-state index is 6.36. The summed E-state index contributed by atoms with van der Waals surface area (Å²) in [5.74, 6) is 0.880. The van der Waals surface area contributed by atoms with Crippen LogP contribution in [0.2, 0.25) is 0 Å². The minimum absolute atomic E-state index is 0.0740. The first-order valence-electron chi connectivity index (χ1n) is 5.63. The molecular formula is C14H13NOS2. The molecule has 4 heteroatoms. The molecule has 2 heterocycles. The number of rotatable bonds is 3. The van der Waals surface area contributed by atoms with E-state index in [0.29, 0.717) is 0 Å². The average molecular weight is 275 g/mol. The summed E-state index contributed by atoms with van der Waals surface area (Å²) in [6, 6.07) is 10.3. The molecule has 1 atom stereocenters. The van der Waals surface area contributed by atoms with Crippen LogP contribution in [-0.4, -0.2) is 7.11 Å². The lowest BCUT2D eigenvalue weighted by atomic mass is 10.1. The van der Waals surface area contributed by atoms with Crippen molar-refractivity contribution < 1.29 is 4.74 Å². The molecule has 0 aliphatic rings. The van der Waals surface area contributed by atoms with E-state index in [1.54, 1.807) is 29.8 Å². The van der Waals surface area contributed by atoms with Crippen molar-refractivity contribution in [3.8, 4) is 5.75 Å². The standard InChI is InChI=1S/C14H13NOS2/c1-16-9-6-13(17-7-9)14(15)11-8-18-12-5-3-2-4-10(11)12/h2-8,14H,15H2,1H3. The Labute approximate surface area is 114 Å². The summed E-state index contributed by atoms with van der Waals surface area (Å²) in [7, 11) is 1.68. The Bertz CT molecular complexity index is 671. The summed E-state index contributed by atoms with van der Waals surface area (Å²) >= 11 is 3.39. The van der Waals surface area contributed by atoms with Gasteiger partial charge in [0, 0.05) is 15.0 Å². The lowest BCUT2D eigenvalue weighted by Gasteiger charge is -2.08. The van der Waals surface area contributed by atoms with E-state index in [1.807, 2.05) is 11.4 Å². The zero-order valence-corrected chi connectivity index (χ0v) is 11.6. The summed E-state index contributed by atoms with van der Waals surface area (Å²) in [6.45, 7) is 0. The van der Waals surface area contributed by atoms with Crippen LogP contribution in [0.15, 0.2) is 41.1 Å². The van der Waals surface area contributed by atoms with Crippen LogP contribution in [0.4, 0.5) is 0 Å². The van der Waals surface area contributed by atoms with Crippen molar-refractivity contribution in [3.63, 3.8) is 0 Å². The van der Waals surface area contributed by atoms with Gasteiger partial charge in [0.05, 0.1) is 13.2 Å². The van der Waals surface area contributed by atoms with Gasteiger partial charge >= 0.3 is 0 Å². The maximum absolute atomic E-state index is 6.36. The molecule has 0 amide bonds. The van der Waals surface area contributed by atoms with Crippen LogP contribution < -0.4 is 10.5 Å². The summed E-state index contributed by atoms with van der Waals surface area (Å²) in [5.41, 5.74) is 7.55. The highest BCUT2D eigenvalue weighted by Gasteiger charge is 2.15. The first-order chi connectivity index (χ1) is 8.79. The highest BCUT2D eigenvalue weighted by Crippen LogP contribution is 2.35. The zero-order chi connectivity index (χ0) is 12.5. The average Bonchev–Trinajstić information content (AvgIpc) is 3.04. The van der Waals surface area contributed by atoms with E-state index in [-0.39, 0.29) is 6.04 Å². The van der Waals surface area contributed by atoms with Crippen molar-refractivity contribution in [3.05, 3.63) is 51.5 Å². The number of thiophene rings is 2. The lowest BCUT2D eigenvalue weighted by Crippen LogP contribution is -2.09. The molecule has 3 rings (SSSR count). The molecule has 0 aliphatic heterocycles. The Balaban J connectivity index is 2.03. The summed E-state index contributed by atoms with van der Waals surface area (Å²) in [6.07, 6.45) is 0. The Morgan fingerprint density at radius 2 is 2.00 bits per heavy atom. The molecule has 0 saturated carbocycles. The molecule has 18 heavy (non-hydrogen) atoms. The Hall–Kier alpha value is -1.36. The van der Waals surface area contributed by atoms with Crippen LogP contribution in [0.25, 0.3) is 10.1 Å². The third kappa shape index (κ3) is 1.92. The molecular weight excluding hydrogens is 262 g/mol. The predicted molar refractivity (Wildman–Crippen MR) is 78.7 cm³/mol. The highest BCUT2D eigenvalue weighted by molar-refractivity contribution is 7.17. The van der Waals surface area contributed by atoms with E-state index in [0.717, 1.165) is 10.6 Å². The molecule has 0 saturated heterocycles. The molecule has 2 nitrogen and oxygen atoms in total. The number of nitrogens with two attached hydrogens (primary N) is 1. The molecule has 1 aromatic carbocycles. The molecule has 0 fully saturated rings. The number of ether oxygens (including phenoxy) is 1. The minimum Gasteiger partial charge on any atom is -0.496 e. The molecule has 2 N–H and O–H groups in total. The maximum Gasteiger partial charge on any atom is 0.129 e. The van der Waals surface area contributed by atoms with Crippen molar-refractivity contribution in [2.45, 2.75) is 6.04 Å². The van der Waals surface area contributed by atoms with Crippen LogP contribution in [-0.2, 0) is 0 Å². The highest BCUT2D eigenvalue weighted by atomic mass is 32.1. The van der Waals surface area contributed by atoms with Crippen molar-refractivity contribution in [2.24, 2.45) is 5.73 Å². The molecule has 1 unspecified atom stereocenters. The first-order valence-corrected chi connectivity index (χ1v) is 7.39. The Morgan fingerprint density at radius 3 is 2.78 bits per heavy atom. The van der Waals surface area contributed by atoms with Crippen LogP contribution in [0.1, 0.15) is 16.5 Å². The van der Waals surface area contributed by atoms with Gasteiger partial charge in [-0.2, -0.15) is 0 Å². The normalized spacial score (nSPS) is 12.8. The van der Waals surface area contributed by atoms with E-state index in [4.69, 9.17) is 10.5 Å². The lowest BCUT2D eigenvalue weighted by molar-refractivity contribution is 0.416. The number of hydrogen-bond acceptors (Lipinski definition) is 4. The summed E-state index contributed by atoms with van der Waals surface area (Å²) < 4.78 is 6.49. The Kier molecular flexibility index (Phi) is 3.07. The van der Waals surface area contributed by atoms with Gasteiger partial charge in [-0.3, -0.25) is 0 Å². The van der Waals surface area contributed by atoms with Crippen LogP contribution in [0.3, 0.4) is 0 Å². The third-order valence-corrected chi connectivity index (χ3v) is 4.96. The van der Waals surface area contributed by atoms with E-state index >= 15 is 0 Å². The number of fused-ring (bicyclic) bond motifs is 1. The largest absolute Gasteiger partial charge is 0.496 e. The van der Waals surface area contributed by atoms with Crippen molar-refractivity contribution >= 4 is 32.8 Å². The second-order valence-corrected chi connectivity index (χ2v) is 5.91. The quantitative estimate of drug-likeness (QED) is 0.783. The van der Waals surface area contributed by atoms with Crippen molar-refractivity contribution in [1.82, 2.24) is 0 Å². The SMILES string of the molecule is COc1csc(C(N)c2csc3ccccc23)c1. The molecule has 2 aromatic heterocycles. The second-order valence-electron chi connectivity index (χ2n) is 4.05. The zero-order valence-electron chi connectivity index (χ0n) is 9.92. The van der Waals surface area contributed by atoms with Gasteiger partial charge in [0.1, 0.15) is 5.75 Å². The molecule has 0 aliphatic carbocycles. The summed E-state index contributed by atoms with van der Waals surface area (Å²) in [5, 5.41) is 5.40. The fourth-order valence-corrected chi connectivity index (χ4v) is 3.87. The van der Waals surface area contributed by atoms with Crippen LogP contribution in [0, 0.1) is 0 Å². The predicted octanol–water partition coefficient (Wildman–Crippen LogP) is 4.02. The molecule has 0 radical (unpaired) electrons. The molecule has 0 spiro atoms. The van der Waals surface area contributed by atoms with Gasteiger partial charge < -0.3 is 10.5 Å². The fraction of sp³-hybridized carbons (Fsp3) is 0.143. The Morgan fingerprint density at radius 1 is 1.17 bits per heavy atom. The van der Waals surface area contributed by atoms with Crippen molar-refractivity contribution in [1.29, 1.82) is 0 Å². The number of methoxy groups -OCH3 is 1. The molecule has 0 bridgehead atoms. The van der Waals surface area contributed by atoms with Gasteiger partial charge in [-0.1, -0.05) is 18.2 Å². The second kappa shape index (κ2) is 4.72. The van der Waals surface area contributed by atoms with Crippen molar-refractivity contribution in [2.75, 3.05) is 7.11 Å². The van der Waals surface area contributed by atoms with E-state index in [2.05, 4.69) is 29.6 Å². The molecule has 3 aromatic rings. The fourth-order valence-electron chi connectivity index (χ4n) is 2.00. The number of benzene rings is 1. The van der Waals surface area contributed by atoms with Gasteiger partial charge in [-0.15, -0.1) is 22.7 Å². The summed E-state index contributed by atoms with van der Waals surface area (Å²) in [4.78, 5) is 1.13. The van der Waals surface area contributed by atoms with E-state index < -0.39 is 0 Å². The van der Waals surface area contributed by atoms with Gasteiger partial charge in [-0.25, -0.2) is 0 Å². The van der Waals surface area contributed by atoms with E-state index in [9.17, 15) is 0 Å². The first kappa shape index (κ1) is 11.7.